The zero-order valence-electron chi connectivity index (χ0n) is 11.5. The van der Waals surface area contributed by atoms with Gasteiger partial charge in [-0.2, -0.15) is 0 Å². The summed E-state index contributed by atoms with van der Waals surface area (Å²) < 4.78 is 0. The largest absolute Gasteiger partial charge is 0.338 e. The smallest absolute Gasteiger partial charge is 0.253 e. The van der Waals surface area contributed by atoms with Crippen LogP contribution >= 0.6 is 23.2 Å². The highest BCUT2D eigenvalue weighted by Crippen LogP contribution is 2.24. The molecule has 0 saturated carbocycles. The molecule has 0 aliphatic heterocycles. The molecule has 0 aliphatic carbocycles. The number of carbonyl (C=O) groups is 1. The van der Waals surface area contributed by atoms with Crippen LogP contribution in [-0.2, 0) is 0 Å². The van der Waals surface area contributed by atoms with Crippen LogP contribution in [0.2, 0.25) is 10.0 Å². The Balaban J connectivity index is 2.92. The number of rotatable bonds is 5. The van der Waals surface area contributed by atoms with E-state index in [1.807, 2.05) is 20.8 Å². The highest BCUT2D eigenvalue weighted by atomic mass is 35.5. The number of amides is 1. The maximum atomic E-state index is 12.4. The Hall–Kier alpha value is -0.770. The molecule has 5 heteroatoms. The molecule has 0 unspecified atom stereocenters. The predicted octanol–water partition coefficient (Wildman–Crippen LogP) is 3.44. The minimum Gasteiger partial charge on any atom is -0.338 e. The molecule has 0 spiro atoms. The Morgan fingerprint density at radius 2 is 1.95 bits per heavy atom. The number of nitrogens with two attached hydrogens (primary N) is 1. The SMILES string of the molecule is CCN(CC(C)(C)CN)C(=O)c1ccc(Cl)c(Cl)c1. The summed E-state index contributed by atoms with van der Waals surface area (Å²) in [6, 6.07) is 4.93. The van der Waals surface area contributed by atoms with Crippen LogP contribution in [0.4, 0.5) is 0 Å². The molecule has 0 bridgehead atoms. The van der Waals surface area contributed by atoms with Gasteiger partial charge in [0.1, 0.15) is 0 Å². The van der Waals surface area contributed by atoms with E-state index < -0.39 is 0 Å². The molecule has 3 nitrogen and oxygen atoms in total. The second kappa shape index (κ2) is 6.60. The van der Waals surface area contributed by atoms with E-state index in [-0.39, 0.29) is 11.3 Å². The number of nitrogens with zero attached hydrogens (tertiary/aromatic N) is 1. The van der Waals surface area contributed by atoms with E-state index in [1.54, 1.807) is 23.1 Å². The third-order valence-electron chi connectivity index (χ3n) is 3.01. The minimum atomic E-state index is -0.109. The average Bonchev–Trinajstić information content (AvgIpc) is 2.38. The summed E-state index contributed by atoms with van der Waals surface area (Å²) in [6.07, 6.45) is 0. The van der Waals surface area contributed by atoms with Crippen LogP contribution in [0.3, 0.4) is 0 Å². The maximum absolute atomic E-state index is 12.4. The van der Waals surface area contributed by atoms with E-state index >= 15 is 0 Å². The van der Waals surface area contributed by atoms with Crippen LogP contribution < -0.4 is 5.73 Å². The number of hydrogen-bond acceptors (Lipinski definition) is 2. The van der Waals surface area contributed by atoms with Gasteiger partial charge in [-0.05, 0) is 37.1 Å². The van der Waals surface area contributed by atoms with E-state index in [4.69, 9.17) is 28.9 Å². The molecule has 1 amide bonds. The van der Waals surface area contributed by atoms with Crippen molar-refractivity contribution in [3.8, 4) is 0 Å². The third kappa shape index (κ3) is 4.37. The molecule has 0 fully saturated rings. The van der Waals surface area contributed by atoms with Crippen LogP contribution in [0.25, 0.3) is 0 Å². The molecule has 1 aromatic carbocycles. The lowest BCUT2D eigenvalue weighted by Crippen LogP contribution is -2.41. The number of benzene rings is 1. The summed E-state index contributed by atoms with van der Waals surface area (Å²) in [5, 5.41) is 0.838. The van der Waals surface area contributed by atoms with Gasteiger partial charge in [0.05, 0.1) is 10.0 Å². The van der Waals surface area contributed by atoms with Crippen molar-refractivity contribution in [2.75, 3.05) is 19.6 Å². The number of carbonyl (C=O) groups excluding carboxylic acids is 1. The first-order valence-corrected chi connectivity index (χ1v) is 7.00. The van der Waals surface area contributed by atoms with Gasteiger partial charge in [0.25, 0.3) is 5.91 Å². The summed E-state index contributed by atoms with van der Waals surface area (Å²) in [6.45, 7) is 7.79. The molecule has 0 saturated heterocycles. The van der Waals surface area contributed by atoms with Gasteiger partial charge in [-0.1, -0.05) is 37.0 Å². The fourth-order valence-corrected chi connectivity index (χ4v) is 2.02. The molecule has 0 radical (unpaired) electrons. The summed E-state index contributed by atoms with van der Waals surface area (Å²) in [7, 11) is 0. The first-order valence-electron chi connectivity index (χ1n) is 6.25. The molecule has 1 aromatic rings. The summed E-state index contributed by atoms with van der Waals surface area (Å²) in [5.41, 5.74) is 6.15. The van der Waals surface area contributed by atoms with Crippen molar-refractivity contribution in [3.63, 3.8) is 0 Å². The zero-order chi connectivity index (χ0) is 14.6. The second-order valence-electron chi connectivity index (χ2n) is 5.32. The van der Waals surface area contributed by atoms with Gasteiger partial charge in [0, 0.05) is 18.7 Å². The summed E-state index contributed by atoms with van der Waals surface area (Å²) in [4.78, 5) is 14.2. The van der Waals surface area contributed by atoms with Crippen molar-refractivity contribution in [2.24, 2.45) is 11.1 Å². The van der Waals surface area contributed by atoms with Crippen LogP contribution in [-0.4, -0.2) is 30.4 Å². The van der Waals surface area contributed by atoms with E-state index in [9.17, 15) is 4.79 Å². The van der Waals surface area contributed by atoms with Gasteiger partial charge in [0.15, 0.2) is 0 Å². The van der Waals surface area contributed by atoms with E-state index in [1.165, 1.54) is 0 Å². The quantitative estimate of drug-likeness (QED) is 0.905. The molecular formula is C14H20Cl2N2O. The Morgan fingerprint density at radius 3 is 2.42 bits per heavy atom. The van der Waals surface area contributed by atoms with Crippen LogP contribution in [0.5, 0.6) is 0 Å². The maximum Gasteiger partial charge on any atom is 0.253 e. The molecule has 106 valence electrons. The van der Waals surface area contributed by atoms with Gasteiger partial charge in [0.2, 0.25) is 0 Å². The number of halogens is 2. The standard InChI is InChI=1S/C14H20Cl2N2O/c1-4-18(9-14(2,3)8-17)13(19)10-5-6-11(15)12(16)7-10/h5-7H,4,8-9,17H2,1-3H3. The van der Waals surface area contributed by atoms with Crippen LogP contribution in [0.15, 0.2) is 18.2 Å². The average molecular weight is 303 g/mol. The monoisotopic (exact) mass is 302 g/mol. The zero-order valence-corrected chi connectivity index (χ0v) is 13.1. The van der Waals surface area contributed by atoms with Gasteiger partial charge < -0.3 is 10.6 Å². The molecule has 0 aromatic heterocycles. The number of hydrogen-bond donors (Lipinski definition) is 1. The Kier molecular flexibility index (Phi) is 5.65. The normalized spacial score (nSPS) is 11.5. The van der Waals surface area contributed by atoms with E-state index in [0.717, 1.165) is 0 Å². The molecule has 0 heterocycles. The van der Waals surface area contributed by atoms with Crippen LogP contribution in [0.1, 0.15) is 31.1 Å². The van der Waals surface area contributed by atoms with Crippen molar-refractivity contribution in [3.05, 3.63) is 33.8 Å². The van der Waals surface area contributed by atoms with Crippen molar-refractivity contribution in [1.82, 2.24) is 4.90 Å². The van der Waals surface area contributed by atoms with Gasteiger partial charge >= 0.3 is 0 Å². The Morgan fingerprint density at radius 1 is 1.32 bits per heavy atom. The lowest BCUT2D eigenvalue weighted by atomic mass is 9.93. The highest BCUT2D eigenvalue weighted by molar-refractivity contribution is 6.42. The first-order chi connectivity index (χ1) is 8.80. The summed E-state index contributed by atoms with van der Waals surface area (Å²) in [5.74, 6) is -0.0532. The van der Waals surface area contributed by atoms with Gasteiger partial charge in [-0.15, -0.1) is 0 Å². The first kappa shape index (κ1) is 16.3. The lowest BCUT2D eigenvalue weighted by Gasteiger charge is -2.31. The van der Waals surface area contributed by atoms with Crippen molar-refractivity contribution < 1.29 is 4.79 Å². The topological polar surface area (TPSA) is 46.3 Å². The molecular weight excluding hydrogens is 283 g/mol. The molecule has 2 N–H and O–H groups in total. The molecule has 0 aliphatic rings. The highest BCUT2D eigenvalue weighted by Gasteiger charge is 2.23. The minimum absolute atomic E-state index is 0.0532. The van der Waals surface area contributed by atoms with Gasteiger partial charge in [-0.25, -0.2) is 0 Å². The third-order valence-corrected chi connectivity index (χ3v) is 3.75. The predicted molar refractivity (Wildman–Crippen MR) is 80.9 cm³/mol. The van der Waals surface area contributed by atoms with E-state index in [2.05, 4.69) is 0 Å². The van der Waals surface area contributed by atoms with Crippen molar-refractivity contribution in [2.45, 2.75) is 20.8 Å². The van der Waals surface area contributed by atoms with Crippen molar-refractivity contribution in [1.29, 1.82) is 0 Å². The van der Waals surface area contributed by atoms with Gasteiger partial charge in [-0.3, -0.25) is 4.79 Å². The van der Waals surface area contributed by atoms with Crippen molar-refractivity contribution >= 4 is 29.1 Å². The fraction of sp³-hybridized carbons (Fsp3) is 0.500. The Labute approximate surface area is 124 Å². The molecule has 1 rings (SSSR count). The fourth-order valence-electron chi connectivity index (χ4n) is 1.72. The lowest BCUT2D eigenvalue weighted by molar-refractivity contribution is 0.0701. The summed E-state index contributed by atoms with van der Waals surface area (Å²) >= 11 is 11.8. The molecule has 19 heavy (non-hydrogen) atoms. The van der Waals surface area contributed by atoms with Crippen LogP contribution in [0, 0.1) is 5.41 Å². The Bertz CT molecular complexity index is 461. The second-order valence-corrected chi connectivity index (χ2v) is 6.13. The van der Waals surface area contributed by atoms with E-state index in [0.29, 0.717) is 35.2 Å². The molecule has 0 atom stereocenters.